The molecule has 5 heteroatoms. The number of likely N-dealkylation sites (tertiary alicyclic amines) is 1. The number of hydrogen-bond donors (Lipinski definition) is 2. The van der Waals surface area contributed by atoms with E-state index in [0.29, 0.717) is 13.0 Å². The third kappa shape index (κ3) is 4.92. The monoisotopic (exact) mass is 379 g/mol. The van der Waals surface area contributed by atoms with Crippen LogP contribution in [-0.2, 0) is 11.3 Å². The van der Waals surface area contributed by atoms with Crippen LogP contribution in [0.2, 0.25) is 0 Å². The SMILES string of the molecule is Cc1ccc([C@@H]2CC(O)(C#CCO)CCN2C(=O)OCc2ccccc2)cc1. The summed E-state index contributed by atoms with van der Waals surface area (Å²) >= 11 is 0. The van der Waals surface area contributed by atoms with Gasteiger partial charge in [0.25, 0.3) is 0 Å². The van der Waals surface area contributed by atoms with Crippen LogP contribution in [0.15, 0.2) is 54.6 Å². The van der Waals surface area contributed by atoms with E-state index in [2.05, 4.69) is 11.8 Å². The standard InChI is InChI=1S/C23H25NO4/c1-18-8-10-20(11-9-18)21-16-23(27,12-5-15-25)13-14-24(21)22(26)28-17-19-6-3-2-4-7-19/h2-4,6-11,21,25,27H,13-17H2,1H3/t21-,23?/m0/s1. The summed E-state index contributed by atoms with van der Waals surface area (Å²) in [5, 5.41) is 19.8. The van der Waals surface area contributed by atoms with Crippen molar-refractivity contribution < 1.29 is 19.7 Å². The Morgan fingerprint density at radius 3 is 2.61 bits per heavy atom. The molecule has 0 spiro atoms. The number of amides is 1. The number of benzene rings is 2. The number of piperidine rings is 1. The van der Waals surface area contributed by atoms with E-state index in [-0.39, 0.29) is 25.7 Å². The van der Waals surface area contributed by atoms with Gasteiger partial charge in [0.2, 0.25) is 0 Å². The van der Waals surface area contributed by atoms with Crippen molar-refractivity contribution in [2.24, 2.45) is 0 Å². The van der Waals surface area contributed by atoms with Gasteiger partial charge in [0.1, 0.15) is 18.8 Å². The molecule has 2 aromatic carbocycles. The van der Waals surface area contributed by atoms with Gasteiger partial charge in [0.15, 0.2) is 0 Å². The van der Waals surface area contributed by atoms with Gasteiger partial charge in [0, 0.05) is 19.4 Å². The second kappa shape index (κ2) is 8.92. The molecule has 1 aliphatic rings. The molecule has 1 aliphatic heterocycles. The number of rotatable bonds is 3. The van der Waals surface area contributed by atoms with E-state index in [1.807, 2.05) is 61.5 Å². The van der Waals surface area contributed by atoms with Gasteiger partial charge in [-0.05, 0) is 18.1 Å². The van der Waals surface area contributed by atoms with Crippen LogP contribution in [-0.4, -0.2) is 40.0 Å². The van der Waals surface area contributed by atoms with E-state index in [4.69, 9.17) is 9.84 Å². The lowest BCUT2D eigenvalue weighted by molar-refractivity contribution is -0.00876. The second-order valence-corrected chi connectivity index (χ2v) is 7.11. The van der Waals surface area contributed by atoms with Crippen LogP contribution in [0.25, 0.3) is 0 Å². The van der Waals surface area contributed by atoms with E-state index in [1.165, 1.54) is 0 Å². The Morgan fingerprint density at radius 1 is 1.21 bits per heavy atom. The predicted octanol–water partition coefficient (Wildman–Crippen LogP) is 3.20. The van der Waals surface area contributed by atoms with Crippen molar-refractivity contribution in [1.29, 1.82) is 0 Å². The van der Waals surface area contributed by atoms with Crippen LogP contribution in [0, 0.1) is 18.8 Å². The highest BCUT2D eigenvalue weighted by molar-refractivity contribution is 5.68. The number of carbonyl (C=O) groups excluding carboxylic acids is 1. The third-order valence-corrected chi connectivity index (χ3v) is 4.98. The van der Waals surface area contributed by atoms with Crippen molar-refractivity contribution in [3.05, 3.63) is 71.3 Å². The van der Waals surface area contributed by atoms with Crippen molar-refractivity contribution in [2.75, 3.05) is 13.2 Å². The number of aliphatic hydroxyl groups is 2. The lowest BCUT2D eigenvalue weighted by Crippen LogP contribution is -2.48. The van der Waals surface area contributed by atoms with Crippen LogP contribution in [0.5, 0.6) is 0 Å². The highest BCUT2D eigenvalue weighted by Gasteiger charge is 2.40. The maximum Gasteiger partial charge on any atom is 0.410 e. The minimum absolute atomic E-state index is 0.200. The zero-order valence-corrected chi connectivity index (χ0v) is 16.0. The number of hydrogen-bond acceptors (Lipinski definition) is 4. The van der Waals surface area contributed by atoms with Gasteiger partial charge in [-0.15, -0.1) is 0 Å². The van der Waals surface area contributed by atoms with E-state index < -0.39 is 11.7 Å². The number of ether oxygens (including phenoxy) is 1. The number of aryl methyl sites for hydroxylation is 1. The maximum atomic E-state index is 12.8. The summed E-state index contributed by atoms with van der Waals surface area (Å²) in [6, 6.07) is 17.1. The summed E-state index contributed by atoms with van der Waals surface area (Å²) in [6.07, 6.45) is 0.165. The predicted molar refractivity (Wildman–Crippen MR) is 106 cm³/mol. The summed E-state index contributed by atoms with van der Waals surface area (Å²) in [5.41, 5.74) is 1.72. The summed E-state index contributed by atoms with van der Waals surface area (Å²) < 4.78 is 5.52. The van der Waals surface area contributed by atoms with E-state index in [0.717, 1.165) is 16.7 Å². The first-order valence-electron chi connectivity index (χ1n) is 9.38. The zero-order chi connectivity index (χ0) is 20.0. The molecule has 0 saturated carbocycles. The minimum atomic E-state index is -1.24. The molecule has 5 nitrogen and oxygen atoms in total. The fourth-order valence-electron chi connectivity index (χ4n) is 3.42. The number of aliphatic hydroxyl groups excluding tert-OH is 1. The average Bonchev–Trinajstić information content (AvgIpc) is 2.72. The Hall–Kier alpha value is -2.81. The number of nitrogens with zero attached hydrogens (tertiary/aromatic N) is 1. The Labute approximate surface area is 165 Å². The van der Waals surface area contributed by atoms with E-state index in [1.54, 1.807) is 4.90 Å². The quantitative estimate of drug-likeness (QED) is 0.804. The first-order valence-corrected chi connectivity index (χ1v) is 9.38. The van der Waals surface area contributed by atoms with Crippen LogP contribution < -0.4 is 0 Å². The molecule has 1 heterocycles. The highest BCUT2D eigenvalue weighted by Crippen LogP contribution is 2.37. The van der Waals surface area contributed by atoms with Gasteiger partial charge in [-0.25, -0.2) is 4.79 Å². The second-order valence-electron chi connectivity index (χ2n) is 7.11. The molecule has 1 amide bonds. The normalized spacial score (nSPS) is 21.5. The summed E-state index contributed by atoms with van der Waals surface area (Å²) in [4.78, 5) is 14.4. The van der Waals surface area contributed by atoms with Crippen LogP contribution in [0.1, 0.15) is 35.6 Å². The highest BCUT2D eigenvalue weighted by atomic mass is 16.6. The van der Waals surface area contributed by atoms with Gasteiger partial charge in [-0.1, -0.05) is 72.0 Å². The largest absolute Gasteiger partial charge is 0.445 e. The molecule has 1 unspecified atom stereocenters. The molecule has 2 N–H and O–H groups in total. The van der Waals surface area contributed by atoms with Crippen molar-refractivity contribution in [3.8, 4) is 11.8 Å². The zero-order valence-electron chi connectivity index (χ0n) is 16.0. The summed E-state index contributed by atoms with van der Waals surface area (Å²) in [5.74, 6) is 5.30. The Morgan fingerprint density at radius 2 is 1.93 bits per heavy atom. The van der Waals surface area contributed by atoms with Gasteiger partial charge in [0.05, 0.1) is 6.04 Å². The topological polar surface area (TPSA) is 70.0 Å². The molecule has 1 saturated heterocycles. The van der Waals surface area contributed by atoms with Gasteiger partial charge in [-0.3, -0.25) is 0 Å². The first kappa shape index (κ1) is 19.9. The fraction of sp³-hybridized carbons (Fsp3) is 0.348. The molecule has 0 aliphatic carbocycles. The molecule has 0 bridgehead atoms. The van der Waals surface area contributed by atoms with E-state index in [9.17, 15) is 9.90 Å². The third-order valence-electron chi connectivity index (χ3n) is 4.98. The van der Waals surface area contributed by atoms with Crippen LogP contribution in [0.3, 0.4) is 0 Å². The van der Waals surface area contributed by atoms with Crippen LogP contribution in [0.4, 0.5) is 4.79 Å². The molecule has 146 valence electrons. The first-order chi connectivity index (χ1) is 13.5. The molecule has 28 heavy (non-hydrogen) atoms. The van der Waals surface area contributed by atoms with Crippen molar-refractivity contribution in [3.63, 3.8) is 0 Å². The van der Waals surface area contributed by atoms with E-state index >= 15 is 0 Å². The lowest BCUT2D eigenvalue weighted by Gasteiger charge is -2.41. The van der Waals surface area contributed by atoms with Gasteiger partial charge in [-0.2, -0.15) is 0 Å². The molecule has 2 atom stereocenters. The Balaban J connectivity index is 1.79. The van der Waals surface area contributed by atoms with Crippen LogP contribution >= 0.6 is 0 Å². The molecule has 2 aromatic rings. The molecule has 3 rings (SSSR count). The minimum Gasteiger partial charge on any atom is -0.445 e. The summed E-state index contributed by atoms with van der Waals surface area (Å²) in [7, 11) is 0. The Bertz CT molecular complexity index is 854. The van der Waals surface area contributed by atoms with Gasteiger partial charge < -0.3 is 19.8 Å². The van der Waals surface area contributed by atoms with Crippen molar-refractivity contribution in [2.45, 2.75) is 38.0 Å². The smallest absolute Gasteiger partial charge is 0.410 e. The average molecular weight is 379 g/mol. The Kier molecular flexibility index (Phi) is 6.35. The maximum absolute atomic E-state index is 12.8. The molecular formula is C23H25NO4. The molecule has 0 radical (unpaired) electrons. The molecule has 0 aromatic heterocycles. The molecular weight excluding hydrogens is 354 g/mol. The van der Waals surface area contributed by atoms with Gasteiger partial charge >= 0.3 is 6.09 Å². The lowest BCUT2D eigenvalue weighted by atomic mass is 9.84. The fourth-order valence-corrected chi connectivity index (χ4v) is 3.42. The van der Waals surface area contributed by atoms with Crippen molar-refractivity contribution in [1.82, 2.24) is 4.90 Å². The summed E-state index contributed by atoms with van der Waals surface area (Å²) in [6.45, 7) is 2.22. The van der Waals surface area contributed by atoms with Crippen molar-refractivity contribution >= 4 is 6.09 Å². The molecule has 1 fully saturated rings. The number of carbonyl (C=O) groups is 1.